The van der Waals surface area contributed by atoms with Crippen molar-refractivity contribution >= 4 is 11.8 Å². The third kappa shape index (κ3) is 1.91. The predicted molar refractivity (Wildman–Crippen MR) is 68.8 cm³/mol. The van der Waals surface area contributed by atoms with Crippen LogP contribution in [0.15, 0.2) is 0 Å². The Labute approximate surface area is 103 Å². The first-order valence-electron chi connectivity index (χ1n) is 6.92. The van der Waals surface area contributed by atoms with Crippen molar-refractivity contribution in [3.63, 3.8) is 0 Å². The molecule has 0 N–H and O–H groups in total. The van der Waals surface area contributed by atoms with Gasteiger partial charge in [0.25, 0.3) is 0 Å². The summed E-state index contributed by atoms with van der Waals surface area (Å²) in [6.45, 7) is 3.63. The molecule has 0 amide bonds. The zero-order valence-electron chi connectivity index (χ0n) is 10.1. The minimum absolute atomic E-state index is 0.366. The lowest BCUT2D eigenvalue weighted by Crippen LogP contribution is -2.54. The van der Waals surface area contributed by atoms with Gasteiger partial charge < -0.3 is 4.74 Å². The Kier molecular flexibility index (Phi) is 3.46. The summed E-state index contributed by atoms with van der Waals surface area (Å²) in [5.41, 5.74) is 0. The van der Waals surface area contributed by atoms with E-state index in [1.165, 1.54) is 63.8 Å². The summed E-state index contributed by atoms with van der Waals surface area (Å²) < 4.78 is 6.05. The Bertz CT molecular complexity index is 210. The van der Waals surface area contributed by atoms with Gasteiger partial charge in [-0.15, -0.1) is 11.8 Å². The number of hydrogen-bond acceptors (Lipinski definition) is 3. The van der Waals surface area contributed by atoms with Crippen molar-refractivity contribution in [2.45, 2.75) is 55.9 Å². The largest absolute Gasteiger partial charge is 0.375 e. The van der Waals surface area contributed by atoms with Gasteiger partial charge in [-0.3, -0.25) is 4.90 Å². The number of thioether (sulfide) groups is 1. The molecule has 2 nitrogen and oxygen atoms in total. The van der Waals surface area contributed by atoms with E-state index in [9.17, 15) is 0 Å². The molecule has 16 heavy (non-hydrogen) atoms. The maximum absolute atomic E-state index is 6.05. The van der Waals surface area contributed by atoms with E-state index in [0.29, 0.717) is 11.0 Å². The monoisotopic (exact) mass is 241 g/mol. The molecule has 3 fully saturated rings. The summed E-state index contributed by atoms with van der Waals surface area (Å²) in [4.78, 5) is 3.12. The molecule has 92 valence electrons. The number of nitrogens with zero attached hydrogens (tertiary/aromatic N) is 1. The molecule has 2 unspecified atom stereocenters. The normalized spacial score (nSPS) is 41.6. The summed E-state index contributed by atoms with van der Waals surface area (Å²) in [7, 11) is 0. The van der Waals surface area contributed by atoms with E-state index in [1.54, 1.807) is 0 Å². The molecule has 3 heteroatoms. The molecule has 0 bridgehead atoms. The Hall–Kier alpha value is 0.270. The lowest BCUT2D eigenvalue weighted by Gasteiger charge is -2.47. The van der Waals surface area contributed by atoms with Crippen LogP contribution in [-0.4, -0.2) is 41.3 Å². The van der Waals surface area contributed by atoms with Crippen molar-refractivity contribution in [1.82, 2.24) is 4.90 Å². The van der Waals surface area contributed by atoms with Gasteiger partial charge in [0.15, 0.2) is 0 Å². The quantitative estimate of drug-likeness (QED) is 0.737. The molecule has 3 heterocycles. The van der Waals surface area contributed by atoms with Crippen molar-refractivity contribution in [2.75, 3.05) is 25.4 Å². The van der Waals surface area contributed by atoms with Gasteiger partial charge >= 0.3 is 0 Å². The molecule has 3 saturated heterocycles. The smallest absolute Gasteiger partial charge is 0.0934 e. The van der Waals surface area contributed by atoms with Gasteiger partial charge in [-0.2, -0.15) is 0 Å². The molecule has 3 rings (SSSR count). The lowest BCUT2D eigenvalue weighted by molar-refractivity contribution is 0.00775. The average Bonchev–Trinajstić information content (AvgIpc) is 3.04. The predicted octanol–water partition coefficient (Wildman–Crippen LogP) is 2.87. The van der Waals surface area contributed by atoms with Crippen LogP contribution in [0.2, 0.25) is 0 Å². The van der Waals surface area contributed by atoms with Crippen molar-refractivity contribution in [1.29, 1.82) is 0 Å². The summed E-state index contributed by atoms with van der Waals surface area (Å²) in [6.07, 6.45) is 10.1. The van der Waals surface area contributed by atoms with Gasteiger partial charge in [0.1, 0.15) is 0 Å². The van der Waals surface area contributed by atoms with Crippen LogP contribution < -0.4 is 0 Å². The fourth-order valence-corrected chi connectivity index (χ4v) is 5.26. The molecule has 3 aliphatic rings. The zero-order valence-corrected chi connectivity index (χ0v) is 10.9. The van der Waals surface area contributed by atoms with E-state index in [-0.39, 0.29) is 0 Å². The van der Waals surface area contributed by atoms with Gasteiger partial charge in [-0.05, 0) is 63.8 Å². The van der Waals surface area contributed by atoms with Crippen LogP contribution in [-0.2, 0) is 4.74 Å². The standard InChI is InChI=1S/C13H23NOS/c1-4-11-16-13(7-1,12-6-5-10-15-12)14-8-2-3-9-14/h12H,1-11H2. The first-order chi connectivity index (χ1) is 7.92. The van der Waals surface area contributed by atoms with Gasteiger partial charge in [-0.25, -0.2) is 0 Å². The zero-order chi connectivity index (χ0) is 10.8. The van der Waals surface area contributed by atoms with Gasteiger partial charge in [-0.1, -0.05) is 0 Å². The number of hydrogen-bond donors (Lipinski definition) is 0. The summed E-state index contributed by atoms with van der Waals surface area (Å²) >= 11 is 2.21. The van der Waals surface area contributed by atoms with Crippen molar-refractivity contribution in [2.24, 2.45) is 0 Å². The minimum Gasteiger partial charge on any atom is -0.375 e. The molecule has 0 aromatic heterocycles. The van der Waals surface area contributed by atoms with Crippen LogP contribution in [0.3, 0.4) is 0 Å². The second-order valence-electron chi connectivity index (χ2n) is 5.35. The molecule has 0 spiro atoms. The topological polar surface area (TPSA) is 12.5 Å². The number of rotatable bonds is 2. The Morgan fingerprint density at radius 2 is 1.94 bits per heavy atom. The van der Waals surface area contributed by atoms with Crippen LogP contribution in [0.25, 0.3) is 0 Å². The first kappa shape index (κ1) is 11.4. The molecular formula is C13H23NOS. The van der Waals surface area contributed by atoms with Crippen LogP contribution >= 0.6 is 11.8 Å². The molecule has 0 aromatic carbocycles. The average molecular weight is 241 g/mol. The second-order valence-corrected chi connectivity index (χ2v) is 6.75. The van der Waals surface area contributed by atoms with E-state index in [4.69, 9.17) is 4.74 Å². The van der Waals surface area contributed by atoms with Crippen LogP contribution in [0.5, 0.6) is 0 Å². The number of likely N-dealkylation sites (tertiary alicyclic amines) is 1. The Morgan fingerprint density at radius 1 is 1.06 bits per heavy atom. The van der Waals surface area contributed by atoms with Crippen LogP contribution in [0, 0.1) is 0 Å². The fourth-order valence-electron chi connectivity index (χ4n) is 3.54. The van der Waals surface area contributed by atoms with E-state index in [0.717, 1.165) is 6.61 Å². The summed E-state index contributed by atoms with van der Waals surface area (Å²) in [6, 6.07) is 0. The van der Waals surface area contributed by atoms with Crippen LogP contribution in [0.1, 0.15) is 44.9 Å². The maximum Gasteiger partial charge on any atom is 0.0934 e. The first-order valence-corrected chi connectivity index (χ1v) is 7.91. The molecule has 0 saturated carbocycles. The molecule has 0 aromatic rings. The van der Waals surface area contributed by atoms with Crippen LogP contribution in [0.4, 0.5) is 0 Å². The lowest BCUT2D eigenvalue weighted by atomic mass is 9.98. The van der Waals surface area contributed by atoms with Crippen molar-refractivity contribution in [3.8, 4) is 0 Å². The molecule has 0 radical (unpaired) electrons. The third-order valence-electron chi connectivity index (χ3n) is 4.36. The molecule has 3 aliphatic heterocycles. The van der Waals surface area contributed by atoms with E-state index >= 15 is 0 Å². The SMILES string of the molecule is C1CCC(C2CCCO2)(N2CCCC2)SC1. The van der Waals surface area contributed by atoms with Gasteiger partial charge in [0.2, 0.25) is 0 Å². The van der Waals surface area contributed by atoms with E-state index in [1.807, 2.05) is 0 Å². The summed E-state index contributed by atoms with van der Waals surface area (Å²) in [5.74, 6) is 1.34. The third-order valence-corrected chi connectivity index (χ3v) is 6.07. The van der Waals surface area contributed by atoms with Crippen molar-refractivity contribution < 1.29 is 4.74 Å². The van der Waals surface area contributed by atoms with Gasteiger partial charge in [0.05, 0.1) is 11.0 Å². The summed E-state index contributed by atoms with van der Waals surface area (Å²) in [5, 5.41) is 0. The van der Waals surface area contributed by atoms with Crippen molar-refractivity contribution in [3.05, 3.63) is 0 Å². The number of ether oxygens (including phenoxy) is 1. The second kappa shape index (κ2) is 4.87. The van der Waals surface area contributed by atoms with Gasteiger partial charge in [0, 0.05) is 6.61 Å². The highest BCUT2D eigenvalue weighted by atomic mass is 32.2. The Morgan fingerprint density at radius 3 is 2.56 bits per heavy atom. The molecular weight excluding hydrogens is 218 g/mol. The highest BCUT2D eigenvalue weighted by molar-refractivity contribution is 8.00. The highest BCUT2D eigenvalue weighted by Crippen LogP contribution is 2.47. The van der Waals surface area contributed by atoms with E-state index in [2.05, 4.69) is 16.7 Å². The highest BCUT2D eigenvalue weighted by Gasteiger charge is 2.47. The molecule has 0 aliphatic carbocycles. The minimum atomic E-state index is 0.366. The Balaban J connectivity index is 1.79. The van der Waals surface area contributed by atoms with E-state index < -0.39 is 0 Å². The fraction of sp³-hybridized carbons (Fsp3) is 1.00. The molecule has 2 atom stereocenters. The maximum atomic E-state index is 6.05.